The van der Waals surface area contributed by atoms with Crippen LogP contribution in [0.4, 0.5) is 5.69 Å². The Hall–Kier alpha value is -2.07. The van der Waals surface area contributed by atoms with Crippen molar-refractivity contribution in [3.63, 3.8) is 0 Å². The molecule has 4 heteroatoms. The highest BCUT2D eigenvalue weighted by Gasteiger charge is 2.12. The summed E-state index contributed by atoms with van der Waals surface area (Å²) in [4.78, 5) is 0. The van der Waals surface area contributed by atoms with Gasteiger partial charge in [-0.3, -0.25) is 0 Å². The lowest BCUT2D eigenvalue weighted by molar-refractivity contribution is 0.340. The summed E-state index contributed by atoms with van der Waals surface area (Å²) >= 11 is 5.37. The second-order valence-corrected chi connectivity index (χ2v) is 7.44. The number of anilines is 1. The van der Waals surface area contributed by atoms with Gasteiger partial charge in [-0.1, -0.05) is 45.0 Å². The van der Waals surface area contributed by atoms with Crippen molar-refractivity contribution in [1.29, 1.82) is 0 Å². The molecule has 3 nitrogen and oxygen atoms in total. The highest BCUT2D eigenvalue weighted by atomic mass is 32.1. The number of benzene rings is 2. The lowest BCUT2D eigenvalue weighted by atomic mass is 9.87. The maximum absolute atomic E-state index is 5.45. The third kappa shape index (κ3) is 6.39. The fraction of sp³-hybridized carbons (Fsp3) is 0.381. The van der Waals surface area contributed by atoms with Crippen LogP contribution in [0.5, 0.6) is 5.75 Å². The minimum atomic E-state index is 0.162. The Morgan fingerprint density at radius 2 is 1.64 bits per heavy atom. The van der Waals surface area contributed by atoms with E-state index in [2.05, 4.69) is 67.8 Å². The Balaban J connectivity index is 1.77. The molecule has 2 N–H and O–H groups in total. The van der Waals surface area contributed by atoms with Crippen LogP contribution < -0.4 is 15.4 Å². The molecule has 0 fully saturated rings. The second kappa shape index (κ2) is 8.86. The predicted molar refractivity (Wildman–Crippen MR) is 111 cm³/mol. The van der Waals surface area contributed by atoms with Gasteiger partial charge >= 0.3 is 0 Å². The molecule has 0 atom stereocenters. The van der Waals surface area contributed by atoms with Gasteiger partial charge in [0.05, 0.1) is 6.61 Å². The van der Waals surface area contributed by atoms with E-state index >= 15 is 0 Å². The van der Waals surface area contributed by atoms with Crippen LogP contribution in [0.1, 0.15) is 38.8 Å². The Kier molecular flexibility index (Phi) is 6.82. The van der Waals surface area contributed by atoms with E-state index in [1.165, 1.54) is 11.1 Å². The van der Waals surface area contributed by atoms with Crippen LogP contribution >= 0.6 is 12.2 Å². The van der Waals surface area contributed by atoms with E-state index in [4.69, 9.17) is 17.0 Å². The molecule has 25 heavy (non-hydrogen) atoms. The van der Waals surface area contributed by atoms with Crippen molar-refractivity contribution in [1.82, 2.24) is 5.32 Å². The summed E-state index contributed by atoms with van der Waals surface area (Å²) in [6.45, 7) is 10.1. The minimum Gasteiger partial charge on any atom is -0.494 e. The zero-order chi connectivity index (χ0) is 18.3. The second-order valence-electron chi connectivity index (χ2n) is 7.04. The van der Waals surface area contributed by atoms with Crippen LogP contribution in [0, 0.1) is 0 Å². The molecular formula is C21H28N2OS. The largest absolute Gasteiger partial charge is 0.494 e. The Bertz CT molecular complexity index is 673. The quantitative estimate of drug-likeness (QED) is 0.721. The minimum absolute atomic E-state index is 0.162. The van der Waals surface area contributed by atoms with Crippen LogP contribution in [-0.4, -0.2) is 18.3 Å². The van der Waals surface area contributed by atoms with Crippen LogP contribution in [0.25, 0.3) is 0 Å². The summed E-state index contributed by atoms with van der Waals surface area (Å²) in [7, 11) is 0. The van der Waals surface area contributed by atoms with E-state index in [-0.39, 0.29) is 5.41 Å². The summed E-state index contributed by atoms with van der Waals surface area (Å²) in [5.74, 6) is 0.912. The Labute approximate surface area is 156 Å². The first-order valence-electron chi connectivity index (χ1n) is 8.75. The monoisotopic (exact) mass is 356 g/mol. The SMILES string of the molecule is CCOc1ccc(CCNC(=S)Nc2ccc(C(C)(C)C)cc2)cc1. The molecule has 0 radical (unpaired) electrons. The third-order valence-corrected chi connectivity index (χ3v) is 4.19. The molecule has 134 valence electrons. The van der Waals surface area contributed by atoms with E-state index in [1.807, 2.05) is 19.1 Å². The first kappa shape index (κ1) is 19.3. The van der Waals surface area contributed by atoms with Gasteiger partial charge in [-0.2, -0.15) is 0 Å². The number of ether oxygens (including phenoxy) is 1. The topological polar surface area (TPSA) is 33.3 Å². The molecule has 0 aliphatic rings. The molecule has 0 saturated heterocycles. The smallest absolute Gasteiger partial charge is 0.170 e. The molecule has 0 spiro atoms. The molecule has 0 aliphatic heterocycles. The molecule has 0 unspecified atom stereocenters. The van der Waals surface area contributed by atoms with Crippen molar-refractivity contribution in [3.8, 4) is 5.75 Å². The van der Waals surface area contributed by atoms with E-state index in [0.29, 0.717) is 11.7 Å². The maximum Gasteiger partial charge on any atom is 0.170 e. The van der Waals surface area contributed by atoms with Crippen LogP contribution in [0.3, 0.4) is 0 Å². The van der Waals surface area contributed by atoms with Crippen molar-refractivity contribution in [2.45, 2.75) is 39.5 Å². The molecule has 2 aromatic carbocycles. The van der Waals surface area contributed by atoms with Crippen LogP contribution in [0.15, 0.2) is 48.5 Å². The lowest BCUT2D eigenvalue weighted by Crippen LogP contribution is -2.30. The summed E-state index contributed by atoms with van der Waals surface area (Å²) in [5.41, 5.74) is 3.74. The van der Waals surface area contributed by atoms with E-state index in [0.717, 1.165) is 24.4 Å². The van der Waals surface area contributed by atoms with Crippen LogP contribution in [-0.2, 0) is 11.8 Å². The van der Waals surface area contributed by atoms with Gasteiger partial charge in [0.25, 0.3) is 0 Å². The van der Waals surface area contributed by atoms with Gasteiger partial charge in [0, 0.05) is 12.2 Å². The van der Waals surface area contributed by atoms with Gasteiger partial charge in [-0.15, -0.1) is 0 Å². The van der Waals surface area contributed by atoms with Crippen molar-refractivity contribution < 1.29 is 4.74 Å². The fourth-order valence-corrected chi connectivity index (χ4v) is 2.69. The average molecular weight is 357 g/mol. The van der Waals surface area contributed by atoms with E-state index < -0.39 is 0 Å². The molecule has 0 bridgehead atoms. The third-order valence-electron chi connectivity index (χ3n) is 3.94. The molecule has 0 aromatic heterocycles. The normalized spacial score (nSPS) is 11.0. The van der Waals surface area contributed by atoms with Crippen molar-refractivity contribution in [2.75, 3.05) is 18.5 Å². The average Bonchev–Trinajstić information content (AvgIpc) is 2.56. The number of nitrogens with one attached hydrogen (secondary N) is 2. The van der Waals surface area contributed by atoms with Crippen molar-refractivity contribution in [3.05, 3.63) is 59.7 Å². The summed E-state index contributed by atoms with van der Waals surface area (Å²) in [6, 6.07) is 16.6. The van der Waals surface area contributed by atoms with Gasteiger partial charge in [0.1, 0.15) is 5.75 Å². The van der Waals surface area contributed by atoms with Gasteiger partial charge in [0.15, 0.2) is 5.11 Å². The molecule has 0 saturated carbocycles. The van der Waals surface area contributed by atoms with Gasteiger partial charge < -0.3 is 15.4 Å². The number of thiocarbonyl (C=S) groups is 1. The molecule has 0 heterocycles. The molecule has 0 amide bonds. The first-order chi connectivity index (χ1) is 11.9. The highest BCUT2D eigenvalue weighted by molar-refractivity contribution is 7.80. The fourth-order valence-electron chi connectivity index (χ4n) is 2.47. The van der Waals surface area contributed by atoms with Crippen molar-refractivity contribution >= 4 is 23.0 Å². The summed E-state index contributed by atoms with van der Waals surface area (Å²) in [5, 5.41) is 7.13. The summed E-state index contributed by atoms with van der Waals surface area (Å²) < 4.78 is 5.45. The van der Waals surface area contributed by atoms with Gasteiger partial charge in [0.2, 0.25) is 0 Å². The molecule has 2 rings (SSSR count). The van der Waals surface area contributed by atoms with Crippen molar-refractivity contribution in [2.24, 2.45) is 0 Å². The van der Waals surface area contributed by atoms with Crippen LogP contribution in [0.2, 0.25) is 0 Å². The highest BCUT2D eigenvalue weighted by Crippen LogP contribution is 2.23. The zero-order valence-electron chi connectivity index (χ0n) is 15.6. The molecule has 0 aliphatic carbocycles. The lowest BCUT2D eigenvalue weighted by Gasteiger charge is -2.19. The number of hydrogen-bond acceptors (Lipinski definition) is 2. The zero-order valence-corrected chi connectivity index (χ0v) is 16.4. The predicted octanol–water partition coefficient (Wildman–Crippen LogP) is 4.91. The van der Waals surface area contributed by atoms with Gasteiger partial charge in [-0.05, 0) is 66.4 Å². The standard InChI is InChI=1S/C21H28N2OS/c1-5-24-19-12-6-16(7-13-19)14-15-22-20(25)23-18-10-8-17(9-11-18)21(2,3)4/h6-13H,5,14-15H2,1-4H3,(H2,22,23,25). The summed E-state index contributed by atoms with van der Waals surface area (Å²) in [6.07, 6.45) is 0.914. The number of rotatable bonds is 6. The Morgan fingerprint density at radius 1 is 1.00 bits per heavy atom. The van der Waals surface area contributed by atoms with E-state index in [9.17, 15) is 0 Å². The first-order valence-corrected chi connectivity index (χ1v) is 9.16. The molecular weight excluding hydrogens is 328 g/mol. The van der Waals surface area contributed by atoms with Gasteiger partial charge in [-0.25, -0.2) is 0 Å². The van der Waals surface area contributed by atoms with E-state index in [1.54, 1.807) is 0 Å². The Morgan fingerprint density at radius 3 is 2.20 bits per heavy atom. The molecule has 2 aromatic rings. The number of hydrogen-bond donors (Lipinski definition) is 2. The maximum atomic E-state index is 5.45.